The molecule has 0 saturated heterocycles. The van der Waals surface area contributed by atoms with Crippen molar-refractivity contribution in [3.05, 3.63) is 11.6 Å². The van der Waals surface area contributed by atoms with Gasteiger partial charge in [0, 0.05) is 14.7 Å². The average Bonchev–Trinajstić information content (AvgIpc) is 3.13. The second-order valence-corrected chi connectivity index (χ2v) is 21.3. The summed E-state index contributed by atoms with van der Waals surface area (Å²) in [5.41, 5.74) is 2.86. The maximum atomic E-state index is 6.46. The van der Waals surface area contributed by atoms with Crippen molar-refractivity contribution in [1.82, 2.24) is 0 Å². The maximum absolute atomic E-state index is 6.46. The van der Waals surface area contributed by atoms with Gasteiger partial charge in [-0.05, 0) is 104 Å². The minimum Gasteiger partial charge on any atom is -0.378 e. The molecule has 2 heteroatoms. The van der Waals surface area contributed by atoms with Crippen LogP contribution in [0.5, 0.6) is 0 Å². The Morgan fingerprint density at radius 2 is 1.71 bits per heavy atom. The van der Waals surface area contributed by atoms with Crippen molar-refractivity contribution >= 4 is 8.07 Å². The van der Waals surface area contributed by atoms with Gasteiger partial charge in [0.1, 0.15) is 0 Å². The van der Waals surface area contributed by atoms with E-state index in [0.717, 1.165) is 42.1 Å². The summed E-state index contributed by atoms with van der Waals surface area (Å²) in [5.74, 6) is 5.61. The van der Waals surface area contributed by atoms with Gasteiger partial charge in [-0.1, -0.05) is 91.2 Å². The summed E-state index contributed by atoms with van der Waals surface area (Å²) in [4.78, 5) is 0. The van der Waals surface area contributed by atoms with Crippen LogP contribution in [0.3, 0.4) is 0 Å². The third-order valence-corrected chi connectivity index (χ3v) is 13.5. The van der Waals surface area contributed by atoms with Crippen LogP contribution in [0, 0.1) is 46.3 Å². The standard InChI is InChI=1S/C33H60OSi/c1-24(2)11-9-12-25(3)29-15-16-30-28-14-13-26-23-27(34-21-10-22-35(6,7)8)17-19-32(26,4)31(28)18-20-33(29,30)5/h13,24-25,27-31H,9-12,14-23H2,1-8H3/t25?,27?,28?,29?,30?,31?,32-,33+/m0/s1. The lowest BCUT2D eigenvalue weighted by Crippen LogP contribution is -2.51. The molecule has 0 heterocycles. The first-order valence-electron chi connectivity index (χ1n) is 15.7. The van der Waals surface area contributed by atoms with Crippen LogP contribution >= 0.6 is 0 Å². The fourth-order valence-electron chi connectivity index (χ4n) is 9.65. The summed E-state index contributed by atoms with van der Waals surface area (Å²) in [5, 5.41) is 0. The molecule has 35 heavy (non-hydrogen) atoms. The summed E-state index contributed by atoms with van der Waals surface area (Å²) >= 11 is 0. The van der Waals surface area contributed by atoms with Crippen molar-refractivity contribution < 1.29 is 4.74 Å². The summed E-state index contributed by atoms with van der Waals surface area (Å²) in [6, 6.07) is 1.40. The molecule has 202 valence electrons. The monoisotopic (exact) mass is 500 g/mol. The van der Waals surface area contributed by atoms with E-state index >= 15 is 0 Å². The predicted octanol–water partition coefficient (Wildman–Crippen LogP) is 10.1. The van der Waals surface area contributed by atoms with Crippen molar-refractivity contribution in [1.29, 1.82) is 0 Å². The van der Waals surface area contributed by atoms with Crippen LogP contribution in [-0.4, -0.2) is 20.8 Å². The van der Waals surface area contributed by atoms with Gasteiger partial charge in [-0.3, -0.25) is 0 Å². The zero-order chi connectivity index (χ0) is 25.4. The molecule has 0 amide bonds. The molecular formula is C33H60OSi. The van der Waals surface area contributed by atoms with E-state index in [0.29, 0.717) is 16.9 Å². The van der Waals surface area contributed by atoms with Gasteiger partial charge in [0.2, 0.25) is 0 Å². The summed E-state index contributed by atoms with van der Waals surface area (Å²) in [6.07, 6.45) is 20.1. The van der Waals surface area contributed by atoms with E-state index < -0.39 is 8.07 Å². The molecule has 0 aromatic rings. The van der Waals surface area contributed by atoms with Crippen LogP contribution in [0.2, 0.25) is 25.7 Å². The van der Waals surface area contributed by atoms with Crippen molar-refractivity contribution in [2.75, 3.05) is 6.61 Å². The Morgan fingerprint density at radius 1 is 0.943 bits per heavy atom. The molecule has 0 aromatic carbocycles. The number of hydrogen-bond donors (Lipinski definition) is 0. The van der Waals surface area contributed by atoms with Gasteiger partial charge < -0.3 is 4.74 Å². The Balaban J connectivity index is 1.37. The zero-order valence-corrected chi connectivity index (χ0v) is 25.9. The highest BCUT2D eigenvalue weighted by Crippen LogP contribution is 2.67. The van der Waals surface area contributed by atoms with Gasteiger partial charge in [0.05, 0.1) is 6.10 Å². The van der Waals surface area contributed by atoms with Gasteiger partial charge in [0.15, 0.2) is 0 Å². The molecule has 0 radical (unpaired) electrons. The van der Waals surface area contributed by atoms with E-state index in [9.17, 15) is 0 Å². The Hall–Kier alpha value is -0.0831. The van der Waals surface area contributed by atoms with Crippen LogP contribution in [0.4, 0.5) is 0 Å². The Kier molecular flexibility index (Phi) is 8.75. The molecular weight excluding hydrogens is 440 g/mol. The Labute approximate surface area is 220 Å². The van der Waals surface area contributed by atoms with Crippen LogP contribution in [-0.2, 0) is 4.74 Å². The molecule has 0 bridgehead atoms. The van der Waals surface area contributed by atoms with Gasteiger partial charge in [-0.2, -0.15) is 0 Å². The minimum atomic E-state index is -0.936. The molecule has 3 saturated carbocycles. The topological polar surface area (TPSA) is 9.23 Å². The van der Waals surface area contributed by atoms with E-state index in [1.54, 1.807) is 5.57 Å². The predicted molar refractivity (Wildman–Crippen MR) is 156 cm³/mol. The van der Waals surface area contributed by atoms with Gasteiger partial charge in [-0.25, -0.2) is 0 Å². The van der Waals surface area contributed by atoms with Gasteiger partial charge >= 0.3 is 0 Å². The maximum Gasteiger partial charge on any atom is 0.0612 e. The fourth-order valence-corrected chi connectivity index (χ4v) is 10.9. The highest BCUT2D eigenvalue weighted by molar-refractivity contribution is 6.76. The lowest BCUT2D eigenvalue weighted by atomic mass is 9.47. The molecule has 8 atom stereocenters. The second-order valence-electron chi connectivity index (χ2n) is 15.7. The highest BCUT2D eigenvalue weighted by Gasteiger charge is 2.59. The normalized spacial score (nSPS) is 40.1. The highest BCUT2D eigenvalue weighted by atomic mass is 28.3. The Morgan fingerprint density at radius 3 is 2.43 bits per heavy atom. The number of rotatable bonds is 10. The van der Waals surface area contributed by atoms with Crippen molar-refractivity contribution in [2.45, 2.75) is 143 Å². The number of ether oxygens (including phenoxy) is 1. The van der Waals surface area contributed by atoms with E-state index in [1.165, 1.54) is 83.1 Å². The number of hydrogen-bond acceptors (Lipinski definition) is 1. The largest absolute Gasteiger partial charge is 0.378 e. The SMILES string of the molecule is CC(C)CCCC(C)C1CCC2C3CC=C4CC(OCCC[Si](C)(C)C)CC[C@]4(C)C3CC[C@]12C. The van der Waals surface area contributed by atoms with Crippen LogP contribution in [0.25, 0.3) is 0 Å². The zero-order valence-electron chi connectivity index (χ0n) is 24.9. The second kappa shape index (κ2) is 11.0. The van der Waals surface area contributed by atoms with Gasteiger partial charge in [0.25, 0.3) is 0 Å². The number of allylic oxidation sites excluding steroid dienone is 1. The molecule has 4 rings (SSSR count). The van der Waals surface area contributed by atoms with Crippen LogP contribution < -0.4 is 0 Å². The number of fused-ring (bicyclic) bond motifs is 5. The molecule has 4 aliphatic carbocycles. The third-order valence-electron chi connectivity index (χ3n) is 11.7. The first kappa shape index (κ1) is 27.9. The quantitative estimate of drug-likeness (QED) is 0.165. The fraction of sp³-hybridized carbons (Fsp3) is 0.939. The van der Waals surface area contributed by atoms with Crippen molar-refractivity contribution in [3.63, 3.8) is 0 Å². The minimum absolute atomic E-state index is 0.462. The van der Waals surface area contributed by atoms with Crippen LogP contribution in [0.15, 0.2) is 11.6 Å². The lowest BCUT2D eigenvalue weighted by molar-refractivity contribution is -0.0638. The molecule has 4 aliphatic rings. The summed E-state index contributed by atoms with van der Waals surface area (Å²) in [7, 11) is -0.936. The van der Waals surface area contributed by atoms with Crippen molar-refractivity contribution in [3.8, 4) is 0 Å². The van der Waals surface area contributed by atoms with E-state index in [2.05, 4.69) is 60.3 Å². The van der Waals surface area contributed by atoms with E-state index in [4.69, 9.17) is 4.74 Å². The average molecular weight is 501 g/mol. The summed E-state index contributed by atoms with van der Waals surface area (Å²) in [6.45, 7) is 21.2. The molecule has 0 N–H and O–H groups in total. The smallest absolute Gasteiger partial charge is 0.0612 e. The lowest BCUT2D eigenvalue weighted by Gasteiger charge is -2.58. The van der Waals surface area contributed by atoms with Gasteiger partial charge in [-0.15, -0.1) is 0 Å². The first-order valence-corrected chi connectivity index (χ1v) is 19.5. The van der Waals surface area contributed by atoms with Crippen LogP contribution in [0.1, 0.15) is 112 Å². The first-order chi connectivity index (χ1) is 16.4. The molecule has 1 nitrogen and oxygen atoms in total. The van der Waals surface area contributed by atoms with E-state index in [1.807, 2.05) is 0 Å². The Bertz CT molecular complexity index is 734. The molecule has 0 aromatic heterocycles. The van der Waals surface area contributed by atoms with Crippen molar-refractivity contribution in [2.24, 2.45) is 46.3 Å². The molecule has 0 spiro atoms. The van der Waals surface area contributed by atoms with E-state index in [-0.39, 0.29) is 0 Å². The third kappa shape index (κ3) is 5.99. The molecule has 3 fully saturated rings. The summed E-state index contributed by atoms with van der Waals surface area (Å²) < 4.78 is 6.46. The molecule has 0 aliphatic heterocycles. The molecule has 6 unspecified atom stereocenters.